The van der Waals surface area contributed by atoms with Crippen LogP contribution in [0.1, 0.15) is 18.9 Å². The maximum atomic E-state index is 12.3. The van der Waals surface area contributed by atoms with Crippen molar-refractivity contribution in [2.45, 2.75) is 19.8 Å². The SMILES string of the molecule is CN(CCc1ccncc1)C(=O)N1CCC(C)(C(=O)O)C1. The van der Waals surface area contributed by atoms with Gasteiger partial charge in [0.25, 0.3) is 0 Å². The van der Waals surface area contributed by atoms with Gasteiger partial charge >= 0.3 is 12.0 Å². The summed E-state index contributed by atoms with van der Waals surface area (Å²) in [6, 6.07) is 3.75. The normalized spacial score (nSPS) is 21.3. The number of carbonyl (C=O) groups excluding carboxylic acids is 1. The molecule has 1 fully saturated rings. The van der Waals surface area contributed by atoms with Gasteiger partial charge in [-0.25, -0.2) is 4.79 Å². The van der Waals surface area contributed by atoms with E-state index >= 15 is 0 Å². The predicted octanol–water partition coefficient (Wildman–Crippen LogP) is 1.47. The van der Waals surface area contributed by atoms with Crippen LogP contribution in [0.5, 0.6) is 0 Å². The lowest BCUT2D eigenvalue weighted by Gasteiger charge is -2.26. The van der Waals surface area contributed by atoms with E-state index in [4.69, 9.17) is 0 Å². The van der Waals surface area contributed by atoms with E-state index in [-0.39, 0.29) is 12.6 Å². The van der Waals surface area contributed by atoms with Crippen molar-refractivity contribution in [3.05, 3.63) is 30.1 Å². The summed E-state index contributed by atoms with van der Waals surface area (Å²) in [6.45, 7) is 3.07. The lowest BCUT2D eigenvalue weighted by molar-refractivity contribution is -0.147. The summed E-state index contributed by atoms with van der Waals surface area (Å²) in [4.78, 5) is 30.8. The first-order valence-corrected chi connectivity index (χ1v) is 7.05. The molecule has 114 valence electrons. The first kappa shape index (κ1) is 15.3. The maximum Gasteiger partial charge on any atom is 0.319 e. The second-order valence-electron chi connectivity index (χ2n) is 5.85. The fourth-order valence-electron chi connectivity index (χ4n) is 2.48. The van der Waals surface area contributed by atoms with Crippen LogP contribution < -0.4 is 0 Å². The molecule has 1 aliphatic heterocycles. The average molecular weight is 291 g/mol. The molecule has 0 aromatic carbocycles. The third-order valence-corrected chi connectivity index (χ3v) is 4.07. The van der Waals surface area contributed by atoms with Gasteiger partial charge in [0.15, 0.2) is 0 Å². The molecular formula is C15H21N3O3. The number of carboxylic acid groups (broad SMARTS) is 1. The summed E-state index contributed by atoms with van der Waals surface area (Å²) in [5.41, 5.74) is 0.308. The van der Waals surface area contributed by atoms with Gasteiger partial charge in [-0.3, -0.25) is 9.78 Å². The van der Waals surface area contributed by atoms with Crippen molar-refractivity contribution in [1.82, 2.24) is 14.8 Å². The molecule has 0 aliphatic carbocycles. The van der Waals surface area contributed by atoms with E-state index in [1.54, 1.807) is 36.2 Å². The van der Waals surface area contributed by atoms with Crippen molar-refractivity contribution in [2.24, 2.45) is 5.41 Å². The average Bonchev–Trinajstić information content (AvgIpc) is 2.89. The minimum absolute atomic E-state index is 0.103. The highest BCUT2D eigenvalue weighted by molar-refractivity contribution is 5.79. The number of aliphatic carboxylic acids is 1. The molecular weight excluding hydrogens is 270 g/mol. The van der Waals surface area contributed by atoms with E-state index in [2.05, 4.69) is 4.98 Å². The molecule has 0 spiro atoms. The number of hydrogen-bond donors (Lipinski definition) is 1. The Morgan fingerprint density at radius 2 is 2.10 bits per heavy atom. The Hall–Kier alpha value is -2.11. The monoisotopic (exact) mass is 291 g/mol. The molecule has 1 N–H and O–H groups in total. The number of pyridine rings is 1. The van der Waals surface area contributed by atoms with Gasteiger partial charge in [0.2, 0.25) is 0 Å². The van der Waals surface area contributed by atoms with Gasteiger partial charge in [0, 0.05) is 39.1 Å². The molecule has 0 radical (unpaired) electrons. The van der Waals surface area contributed by atoms with E-state index in [9.17, 15) is 14.7 Å². The number of carboxylic acids is 1. The van der Waals surface area contributed by atoms with Crippen molar-refractivity contribution in [2.75, 3.05) is 26.7 Å². The van der Waals surface area contributed by atoms with Crippen LogP contribution in [0, 0.1) is 5.41 Å². The van der Waals surface area contributed by atoms with Crippen LogP contribution in [0.3, 0.4) is 0 Å². The maximum absolute atomic E-state index is 12.3. The number of amides is 2. The van der Waals surface area contributed by atoms with Crippen LogP contribution in [0.25, 0.3) is 0 Å². The lowest BCUT2D eigenvalue weighted by atomic mass is 9.90. The molecule has 1 atom stereocenters. The lowest BCUT2D eigenvalue weighted by Crippen LogP contribution is -2.42. The minimum atomic E-state index is -0.836. The van der Waals surface area contributed by atoms with E-state index in [0.29, 0.717) is 19.5 Å². The molecule has 0 saturated carbocycles. The van der Waals surface area contributed by atoms with E-state index in [1.807, 2.05) is 12.1 Å². The standard InChI is InChI=1S/C15H21N3O3/c1-15(13(19)20)6-10-18(11-15)14(21)17(2)9-5-12-3-7-16-8-4-12/h3-4,7-8H,5-6,9-11H2,1-2H3,(H,19,20). The summed E-state index contributed by atoms with van der Waals surface area (Å²) in [6.07, 6.45) is 4.73. The van der Waals surface area contributed by atoms with Crippen molar-refractivity contribution < 1.29 is 14.7 Å². The number of rotatable bonds is 4. The quantitative estimate of drug-likeness (QED) is 0.911. The van der Waals surface area contributed by atoms with Crippen LogP contribution in [-0.4, -0.2) is 58.6 Å². The van der Waals surface area contributed by atoms with Gasteiger partial charge in [0.05, 0.1) is 5.41 Å². The molecule has 6 heteroatoms. The van der Waals surface area contributed by atoms with E-state index < -0.39 is 11.4 Å². The molecule has 21 heavy (non-hydrogen) atoms. The topological polar surface area (TPSA) is 73.7 Å². The summed E-state index contributed by atoms with van der Waals surface area (Å²) >= 11 is 0. The molecule has 1 unspecified atom stereocenters. The Bertz CT molecular complexity index is 520. The zero-order valence-corrected chi connectivity index (χ0v) is 12.5. The van der Waals surface area contributed by atoms with Crippen LogP contribution in [0.15, 0.2) is 24.5 Å². The van der Waals surface area contributed by atoms with Gasteiger partial charge in [0.1, 0.15) is 0 Å². The van der Waals surface area contributed by atoms with Crippen LogP contribution in [0.2, 0.25) is 0 Å². The molecule has 6 nitrogen and oxygen atoms in total. The Morgan fingerprint density at radius 3 is 2.67 bits per heavy atom. The second-order valence-corrected chi connectivity index (χ2v) is 5.85. The summed E-state index contributed by atoms with van der Waals surface area (Å²) in [5.74, 6) is -0.836. The van der Waals surface area contributed by atoms with Crippen molar-refractivity contribution in [3.8, 4) is 0 Å². The molecule has 0 bridgehead atoms. The molecule has 1 saturated heterocycles. The zero-order chi connectivity index (χ0) is 15.5. The Morgan fingerprint density at radius 1 is 1.43 bits per heavy atom. The summed E-state index contributed by atoms with van der Waals surface area (Å²) in [5, 5.41) is 9.21. The van der Waals surface area contributed by atoms with Crippen LogP contribution in [0.4, 0.5) is 4.79 Å². The molecule has 1 aliphatic rings. The number of likely N-dealkylation sites (N-methyl/N-ethyl adjacent to an activating group) is 1. The minimum Gasteiger partial charge on any atom is -0.481 e. The fourth-order valence-corrected chi connectivity index (χ4v) is 2.48. The van der Waals surface area contributed by atoms with Crippen LogP contribution >= 0.6 is 0 Å². The second kappa shape index (κ2) is 6.11. The predicted molar refractivity (Wildman–Crippen MR) is 77.9 cm³/mol. The molecule has 2 heterocycles. The molecule has 1 aromatic rings. The summed E-state index contributed by atoms with van der Waals surface area (Å²) < 4.78 is 0. The third-order valence-electron chi connectivity index (χ3n) is 4.07. The molecule has 2 amide bonds. The molecule has 1 aromatic heterocycles. The number of carbonyl (C=O) groups is 2. The smallest absolute Gasteiger partial charge is 0.319 e. The number of urea groups is 1. The van der Waals surface area contributed by atoms with E-state index in [1.165, 1.54) is 0 Å². The summed E-state index contributed by atoms with van der Waals surface area (Å²) in [7, 11) is 1.75. The fraction of sp³-hybridized carbons (Fsp3) is 0.533. The number of aromatic nitrogens is 1. The first-order valence-electron chi connectivity index (χ1n) is 7.05. The Balaban J connectivity index is 1.87. The van der Waals surface area contributed by atoms with Crippen molar-refractivity contribution >= 4 is 12.0 Å². The van der Waals surface area contributed by atoms with E-state index in [0.717, 1.165) is 12.0 Å². The van der Waals surface area contributed by atoms with Gasteiger partial charge in [-0.2, -0.15) is 0 Å². The van der Waals surface area contributed by atoms with Gasteiger partial charge in [-0.05, 0) is 37.5 Å². The number of hydrogen-bond acceptors (Lipinski definition) is 3. The third kappa shape index (κ3) is 3.51. The number of nitrogens with zero attached hydrogens (tertiary/aromatic N) is 3. The van der Waals surface area contributed by atoms with Crippen molar-refractivity contribution in [1.29, 1.82) is 0 Å². The molecule has 2 rings (SSSR count). The Kier molecular flexibility index (Phi) is 4.45. The van der Waals surface area contributed by atoms with Gasteiger partial charge in [-0.1, -0.05) is 0 Å². The highest BCUT2D eigenvalue weighted by atomic mass is 16.4. The number of likely N-dealkylation sites (tertiary alicyclic amines) is 1. The highest BCUT2D eigenvalue weighted by Gasteiger charge is 2.42. The zero-order valence-electron chi connectivity index (χ0n) is 12.5. The van der Waals surface area contributed by atoms with Gasteiger partial charge in [-0.15, -0.1) is 0 Å². The Labute approximate surface area is 124 Å². The highest BCUT2D eigenvalue weighted by Crippen LogP contribution is 2.30. The largest absolute Gasteiger partial charge is 0.481 e. The van der Waals surface area contributed by atoms with Gasteiger partial charge < -0.3 is 14.9 Å². The van der Waals surface area contributed by atoms with Crippen LogP contribution in [-0.2, 0) is 11.2 Å². The van der Waals surface area contributed by atoms with Crippen molar-refractivity contribution in [3.63, 3.8) is 0 Å². The first-order chi connectivity index (χ1) is 9.92.